The number of imide groups is 1. The zero-order chi connectivity index (χ0) is 13.1. The van der Waals surface area contributed by atoms with Crippen molar-refractivity contribution in [3.8, 4) is 0 Å². The maximum atomic E-state index is 11.8. The van der Waals surface area contributed by atoms with Crippen LogP contribution >= 0.6 is 0 Å². The lowest BCUT2D eigenvalue weighted by Gasteiger charge is -2.30. The Morgan fingerprint density at radius 2 is 2.17 bits per heavy atom. The van der Waals surface area contributed by atoms with Gasteiger partial charge < -0.3 is 9.84 Å². The smallest absolute Gasteiger partial charge is 0.416 e. The topological polar surface area (TPSA) is 87.2 Å². The van der Waals surface area contributed by atoms with Crippen LogP contribution in [-0.4, -0.2) is 65.7 Å². The first-order chi connectivity index (χ1) is 8.58. The second-order valence-electron chi connectivity index (χ2n) is 4.57. The summed E-state index contributed by atoms with van der Waals surface area (Å²) in [6.07, 6.45) is 0.798. The van der Waals surface area contributed by atoms with E-state index in [0.29, 0.717) is 19.5 Å². The lowest BCUT2D eigenvalue weighted by atomic mass is 9.98. The van der Waals surface area contributed by atoms with Gasteiger partial charge in [0, 0.05) is 6.54 Å². The highest BCUT2D eigenvalue weighted by Gasteiger charge is 2.32. The van der Waals surface area contributed by atoms with Gasteiger partial charge in [-0.2, -0.15) is 0 Å². The number of aliphatic carboxylic acids is 1. The molecule has 2 amide bonds. The van der Waals surface area contributed by atoms with Gasteiger partial charge in [-0.05, 0) is 19.4 Å². The minimum Gasteiger partial charge on any atom is -0.481 e. The standard InChI is InChI=1S/C11H16N2O5/c14-9(13-4-5-18-11(13)17)7-12-3-1-2-8(6-12)10(15)16/h8H,1-7H2,(H,15,16). The van der Waals surface area contributed by atoms with Gasteiger partial charge in [0.1, 0.15) is 6.61 Å². The predicted molar refractivity (Wildman–Crippen MR) is 59.9 cm³/mol. The average Bonchev–Trinajstić information content (AvgIpc) is 2.76. The minimum atomic E-state index is -0.826. The van der Waals surface area contributed by atoms with Crippen LogP contribution in [0.1, 0.15) is 12.8 Å². The second-order valence-corrected chi connectivity index (χ2v) is 4.57. The van der Waals surface area contributed by atoms with Gasteiger partial charge in [-0.25, -0.2) is 9.69 Å². The van der Waals surface area contributed by atoms with E-state index in [4.69, 9.17) is 5.11 Å². The lowest BCUT2D eigenvalue weighted by Crippen LogP contribution is -2.45. The summed E-state index contributed by atoms with van der Waals surface area (Å²) in [5.41, 5.74) is 0. The third-order valence-electron chi connectivity index (χ3n) is 3.28. The van der Waals surface area contributed by atoms with Crippen molar-refractivity contribution in [2.45, 2.75) is 12.8 Å². The number of hydrogen-bond donors (Lipinski definition) is 1. The molecule has 0 aromatic heterocycles. The molecular formula is C11H16N2O5. The van der Waals surface area contributed by atoms with Crippen LogP contribution in [0.4, 0.5) is 4.79 Å². The molecule has 0 bridgehead atoms. The second kappa shape index (κ2) is 5.34. The van der Waals surface area contributed by atoms with Gasteiger partial charge in [-0.3, -0.25) is 14.5 Å². The largest absolute Gasteiger partial charge is 0.481 e. The summed E-state index contributed by atoms with van der Waals surface area (Å²) in [5, 5.41) is 8.95. The maximum Gasteiger partial charge on any atom is 0.416 e. The van der Waals surface area contributed by atoms with Crippen molar-refractivity contribution in [2.75, 3.05) is 32.8 Å². The molecule has 2 aliphatic rings. The first-order valence-corrected chi connectivity index (χ1v) is 6.00. The number of rotatable bonds is 3. The van der Waals surface area contributed by atoms with Gasteiger partial charge in [0.25, 0.3) is 0 Å². The number of carbonyl (C=O) groups is 3. The molecule has 1 atom stereocenters. The van der Waals surface area contributed by atoms with Crippen molar-refractivity contribution in [2.24, 2.45) is 5.92 Å². The molecule has 2 aliphatic heterocycles. The molecule has 0 aliphatic carbocycles. The molecule has 2 rings (SSSR count). The van der Waals surface area contributed by atoms with Crippen molar-refractivity contribution < 1.29 is 24.2 Å². The molecular weight excluding hydrogens is 240 g/mol. The molecule has 7 nitrogen and oxygen atoms in total. The highest BCUT2D eigenvalue weighted by atomic mass is 16.6. The molecule has 7 heteroatoms. The number of carboxylic acids is 1. The summed E-state index contributed by atoms with van der Waals surface area (Å²) in [6, 6.07) is 0. The SMILES string of the molecule is O=C(O)C1CCCN(CC(=O)N2CCOC2=O)C1. The van der Waals surface area contributed by atoms with Crippen molar-refractivity contribution >= 4 is 18.0 Å². The molecule has 2 fully saturated rings. The number of carboxylic acid groups (broad SMARTS) is 1. The molecule has 100 valence electrons. The Morgan fingerprint density at radius 3 is 2.78 bits per heavy atom. The Balaban J connectivity index is 1.87. The van der Waals surface area contributed by atoms with Gasteiger partial charge >= 0.3 is 12.1 Å². The number of cyclic esters (lactones) is 1. The number of likely N-dealkylation sites (tertiary alicyclic amines) is 1. The van der Waals surface area contributed by atoms with Crippen molar-refractivity contribution in [1.29, 1.82) is 0 Å². The number of hydrogen-bond acceptors (Lipinski definition) is 5. The minimum absolute atomic E-state index is 0.0822. The summed E-state index contributed by atoms with van der Waals surface area (Å²) in [7, 11) is 0. The number of nitrogens with zero attached hydrogens (tertiary/aromatic N) is 2. The van der Waals surface area contributed by atoms with Crippen molar-refractivity contribution in [1.82, 2.24) is 9.80 Å². The number of piperidine rings is 1. The monoisotopic (exact) mass is 256 g/mol. The van der Waals surface area contributed by atoms with Gasteiger partial charge in [0.2, 0.25) is 5.91 Å². The lowest BCUT2D eigenvalue weighted by molar-refractivity contribution is -0.144. The normalized spacial score (nSPS) is 25.0. The quantitative estimate of drug-likeness (QED) is 0.750. The average molecular weight is 256 g/mol. The Hall–Kier alpha value is -1.63. The number of carbonyl (C=O) groups excluding carboxylic acids is 2. The van der Waals surface area contributed by atoms with Crippen molar-refractivity contribution in [3.63, 3.8) is 0 Å². The summed E-state index contributed by atoms with van der Waals surface area (Å²) >= 11 is 0. The molecule has 18 heavy (non-hydrogen) atoms. The van der Waals surface area contributed by atoms with E-state index >= 15 is 0 Å². The Morgan fingerprint density at radius 1 is 1.39 bits per heavy atom. The van der Waals surface area contributed by atoms with E-state index in [1.54, 1.807) is 4.90 Å². The number of ether oxygens (including phenoxy) is 1. The fourth-order valence-electron chi connectivity index (χ4n) is 2.30. The van der Waals surface area contributed by atoms with Crippen LogP contribution in [0.3, 0.4) is 0 Å². The van der Waals surface area contributed by atoms with E-state index in [1.807, 2.05) is 0 Å². The molecule has 2 heterocycles. The Bertz CT molecular complexity index is 370. The van der Waals surface area contributed by atoms with Crippen LogP contribution in [0.2, 0.25) is 0 Å². The highest BCUT2D eigenvalue weighted by molar-refractivity contribution is 5.94. The Labute approximate surface area is 104 Å². The summed E-state index contributed by atoms with van der Waals surface area (Å²) in [4.78, 5) is 36.8. The summed E-state index contributed by atoms with van der Waals surface area (Å²) in [6.45, 7) is 1.66. The van der Waals surface area contributed by atoms with Crippen LogP contribution < -0.4 is 0 Å². The fraction of sp³-hybridized carbons (Fsp3) is 0.727. The Kier molecular flexibility index (Phi) is 3.81. The van der Waals surface area contributed by atoms with Crippen LogP contribution in [-0.2, 0) is 14.3 Å². The molecule has 0 radical (unpaired) electrons. The van der Waals surface area contributed by atoms with Crippen LogP contribution in [0.15, 0.2) is 0 Å². The molecule has 0 aromatic rings. The van der Waals surface area contributed by atoms with E-state index in [0.717, 1.165) is 11.3 Å². The zero-order valence-corrected chi connectivity index (χ0v) is 10.0. The maximum absolute atomic E-state index is 11.8. The summed E-state index contributed by atoms with van der Waals surface area (Å²) < 4.78 is 4.69. The molecule has 2 saturated heterocycles. The number of amides is 2. The van der Waals surface area contributed by atoms with E-state index < -0.39 is 18.0 Å². The predicted octanol–water partition coefficient (Wildman–Crippen LogP) is -0.238. The molecule has 1 unspecified atom stereocenters. The highest BCUT2D eigenvalue weighted by Crippen LogP contribution is 2.17. The molecule has 0 aromatic carbocycles. The van der Waals surface area contributed by atoms with E-state index in [2.05, 4.69) is 4.74 Å². The van der Waals surface area contributed by atoms with Crippen LogP contribution in [0, 0.1) is 5.92 Å². The van der Waals surface area contributed by atoms with Gasteiger partial charge in [-0.1, -0.05) is 0 Å². The van der Waals surface area contributed by atoms with Gasteiger partial charge in [-0.15, -0.1) is 0 Å². The summed E-state index contributed by atoms with van der Waals surface area (Å²) in [5.74, 6) is -1.56. The van der Waals surface area contributed by atoms with E-state index in [1.165, 1.54) is 0 Å². The molecule has 0 saturated carbocycles. The van der Waals surface area contributed by atoms with E-state index in [9.17, 15) is 14.4 Å². The fourth-order valence-corrected chi connectivity index (χ4v) is 2.30. The third kappa shape index (κ3) is 2.79. The first kappa shape index (κ1) is 12.8. The van der Waals surface area contributed by atoms with Crippen molar-refractivity contribution in [3.05, 3.63) is 0 Å². The van der Waals surface area contributed by atoms with E-state index in [-0.39, 0.29) is 25.6 Å². The zero-order valence-electron chi connectivity index (χ0n) is 10.0. The third-order valence-corrected chi connectivity index (χ3v) is 3.28. The van der Waals surface area contributed by atoms with Crippen LogP contribution in [0.5, 0.6) is 0 Å². The molecule has 0 spiro atoms. The van der Waals surface area contributed by atoms with Crippen LogP contribution in [0.25, 0.3) is 0 Å². The molecule has 1 N–H and O–H groups in total. The van der Waals surface area contributed by atoms with Gasteiger partial charge in [0.05, 0.1) is 19.0 Å². The first-order valence-electron chi connectivity index (χ1n) is 6.00. The van der Waals surface area contributed by atoms with Gasteiger partial charge in [0.15, 0.2) is 0 Å².